The van der Waals surface area contributed by atoms with Crippen molar-refractivity contribution in [1.82, 2.24) is 14.7 Å². The summed E-state index contributed by atoms with van der Waals surface area (Å²) in [4.78, 5) is 47.6. The fraction of sp³-hybridized carbons (Fsp3) is 0.581. The lowest BCUT2D eigenvalue weighted by atomic mass is 9.62. The summed E-state index contributed by atoms with van der Waals surface area (Å²) < 4.78 is 6.82. The Bertz CT molecular complexity index is 1090. The van der Waals surface area contributed by atoms with Crippen LogP contribution in [0.5, 0.6) is 0 Å². The van der Waals surface area contributed by atoms with E-state index in [0.29, 0.717) is 32.6 Å². The van der Waals surface area contributed by atoms with Crippen molar-refractivity contribution in [1.29, 1.82) is 0 Å². The van der Waals surface area contributed by atoms with Crippen LogP contribution in [-0.4, -0.2) is 87.6 Å². The Morgan fingerprint density at radius 2 is 1.82 bits per heavy atom. The van der Waals surface area contributed by atoms with E-state index in [-0.39, 0.29) is 36.8 Å². The number of likely N-dealkylation sites (tertiary alicyclic amines) is 1. The van der Waals surface area contributed by atoms with Crippen LogP contribution < -0.4 is 0 Å². The third-order valence-corrected chi connectivity index (χ3v) is 8.98. The molecule has 1 aromatic carbocycles. The van der Waals surface area contributed by atoms with Crippen LogP contribution in [0.1, 0.15) is 45.6 Å². The van der Waals surface area contributed by atoms with E-state index in [1.165, 1.54) is 4.90 Å². The number of aliphatic hydroxyl groups is 1. The first-order valence-electron chi connectivity index (χ1n) is 14.1. The first-order chi connectivity index (χ1) is 18.7. The minimum atomic E-state index is -1.13. The lowest BCUT2D eigenvalue weighted by Gasteiger charge is -2.39. The summed E-state index contributed by atoms with van der Waals surface area (Å²) in [6.07, 6.45) is 5.62. The molecule has 3 aliphatic rings. The number of aliphatic hydroxyl groups excluding tert-OH is 1. The van der Waals surface area contributed by atoms with Crippen LogP contribution in [0.4, 0.5) is 0 Å². The minimum Gasteiger partial charge on any atom is -0.395 e. The van der Waals surface area contributed by atoms with Gasteiger partial charge in [0.25, 0.3) is 0 Å². The zero-order valence-electron chi connectivity index (χ0n) is 23.6. The SMILES string of the molecule is C=CCN(CCCC)C(=O)C1N(CCO)C(=O)[C@@H]2[C@H](C(=O)N(CC=C)Cc3ccccc3)[C@@]3(C)OC12CC3C. The standard InChI is InChI=1S/C31H43N3O5/c1-6-9-17-32(15-7-2)29(38)26-31-20-22(4)30(5,39-31)24(25(31)28(37)34(26)18-19-35)27(36)33(16-8-3)21-23-13-11-10-12-14-23/h7-8,10-14,22,24-26,35H,2-3,6,9,15-21H2,1,4-5H3/t22?,24-,25+,26?,30+,31?/m1/s1. The van der Waals surface area contributed by atoms with E-state index in [1.807, 2.05) is 44.2 Å². The second-order valence-corrected chi connectivity index (χ2v) is 11.4. The predicted octanol–water partition coefficient (Wildman–Crippen LogP) is 3.02. The molecule has 3 saturated heterocycles. The van der Waals surface area contributed by atoms with Gasteiger partial charge in [-0.15, -0.1) is 13.2 Å². The van der Waals surface area contributed by atoms with Crippen LogP contribution in [0.3, 0.4) is 0 Å². The number of β-amino-alcohol motifs (C(OH)–C–C–N with tert-alkyl or cyclic N) is 1. The molecule has 1 N–H and O–H groups in total. The molecule has 3 aliphatic heterocycles. The van der Waals surface area contributed by atoms with Crippen molar-refractivity contribution >= 4 is 17.7 Å². The molecule has 1 spiro atoms. The van der Waals surface area contributed by atoms with Crippen LogP contribution in [0.2, 0.25) is 0 Å². The first kappa shape index (κ1) is 29.0. The molecular formula is C31H43N3O5. The zero-order chi connectivity index (χ0) is 28.4. The minimum absolute atomic E-state index is 0.0128. The average Bonchev–Trinajstić information content (AvgIpc) is 3.43. The topological polar surface area (TPSA) is 90.4 Å². The van der Waals surface area contributed by atoms with Gasteiger partial charge in [-0.2, -0.15) is 0 Å². The van der Waals surface area contributed by atoms with Crippen molar-refractivity contribution in [2.45, 2.75) is 63.8 Å². The summed E-state index contributed by atoms with van der Waals surface area (Å²) in [5.41, 5.74) is -1.05. The van der Waals surface area contributed by atoms with Crippen LogP contribution in [-0.2, 0) is 25.7 Å². The number of rotatable bonds is 13. The van der Waals surface area contributed by atoms with Gasteiger partial charge in [-0.05, 0) is 31.2 Å². The molecular weight excluding hydrogens is 494 g/mol. The molecule has 0 radical (unpaired) electrons. The summed E-state index contributed by atoms with van der Waals surface area (Å²) >= 11 is 0. The zero-order valence-corrected chi connectivity index (χ0v) is 23.6. The molecule has 39 heavy (non-hydrogen) atoms. The number of amides is 3. The Morgan fingerprint density at radius 3 is 2.44 bits per heavy atom. The van der Waals surface area contributed by atoms with Gasteiger partial charge in [0.1, 0.15) is 11.6 Å². The van der Waals surface area contributed by atoms with Gasteiger partial charge in [0.05, 0.1) is 24.0 Å². The number of nitrogens with zero attached hydrogens (tertiary/aromatic N) is 3. The number of hydrogen-bond acceptors (Lipinski definition) is 5. The number of carbonyl (C=O) groups excluding carboxylic acids is 3. The third kappa shape index (κ3) is 4.82. The summed E-state index contributed by atoms with van der Waals surface area (Å²) in [6.45, 7) is 15.1. The molecule has 212 valence electrons. The molecule has 3 heterocycles. The van der Waals surface area contributed by atoms with E-state index in [4.69, 9.17) is 4.74 Å². The highest BCUT2D eigenvalue weighted by Gasteiger charge is 2.80. The van der Waals surface area contributed by atoms with E-state index >= 15 is 0 Å². The van der Waals surface area contributed by atoms with Crippen molar-refractivity contribution in [2.24, 2.45) is 17.8 Å². The second kappa shape index (κ2) is 11.6. The maximum absolute atomic E-state index is 14.4. The predicted molar refractivity (Wildman–Crippen MR) is 149 cm³/mol. The Kier molecular flexibility index (Phi) is 8.66. The summed E-state index contributed by atoms with van der Waals surface area (Å²) in [5, 5.41) is 9.90. The highest BCUT2D eigenvalue weighted by Crippen LogP contribution is 2.65. The van der Waals surface area contributed by atoms with Crippen LogP contribution in [0, 0.1) is 17.8 Å². The molecule has 8 heteroatoms. The Labute approximate surface area is 232 Å². The summed E-state index contributed by atoms with van der Waals surface area (Å²) in [6, 6.07) is 8.83. The average molecular weight is 538 g/mol. The second-order valence-electron chi connectivity index (χ2n) is 11.4. The highest BCUT2D eigenvalue weighted by molar-refractivity contribution is 5.99. The van der Waals surface area contributed by atoms with E-state index in [1.54, 1.807) is 22.0 Å². The van der Waals surface area contributed by atoms with E-state index in [9.17, 15) is 19.5 Å². The quantitative estimate of drug-likeness (QED) is 0.391. The molecule has 3 unspecified atom stereocenters. The van der Waals surface area contributed by atoms with Crippen molar-refractivity contribution in [2.75, 3.05) is 32.8 Å². The van der Waals surface area contributed by atoms with Crippen LogP contribution in [0.15, 0.2) is 55.6 Å². The summed E-state index contributed by atoms with van der Waals surface area (Å²) in [5.74, 6) is -2.26. The molecule has 0 aromatic heterocycles. The van der Waals surface area contributed by atoms with Gasteiger partial charge in [0, 0.05) is 32.7 Å². The van der Waals surface area contributed by atoms with E-state index in [0.717, 1.165) is 18.4 Å². The van der Waals surface area contributed by atoms with Gasteiger partial charge >= 0.3 is 0 Å². The molecule has 6 atom stereocenters. The maximum atomic E-state index is 14.4. The Hall–Kier alpha value is -2.97. The lowest BCUT2D eigenvalue weighted by Crippen LogP contribution is -2.57. The molecule has 3 fully saturated rings. The van der Waals surface area contributed by atoms with Gasteiger partial charge in [0.2, 0.25) is 17.7 Å². The van der Waals surface area contributed by atoms with Gasteiger partial charge in [-0.1, -0.05) is 62.8 Å². The molecule has 1 aromatic rings. The molecule has 0 saturated carbocycles. The first-order valence-corrected chi connectivity index (χ1v) is 14.1. The fourth-order valence-corrected chi connectivity index (χ4v) is 7.10. The van der Waals surface area contributed by atoms with Crippen molar-refractivity contribution in [3.8, 4) is 0 Å². The third-order valence-electron chi connectivity index (χ3n) is 8.98. The smallest absolute Gasteiger partial charge is 0.248 e. The number of carbonyl (C=O) groups is 3. The molecule has 4 rings (SSSR count). The van der Waals surface area contributed by atoms with Gasteiger partial charge in [-0.3, -0.25) is 14.4 Å². The monoisotopic (exact) mass is 537 g/mol. The fourth-order valence-electron chi connectivity index (χ4n) is 7.10. The lowest BCUT2D eigenvalue weighted by molar-refractivity contribution is -0.155. The maximum Gasteiger partial charge on any atom is 0.248 e. The van der Waals surface area contributed by atoms with Crippen LogP contribution >= 0.6 is 0 Å². The molecule has 2 bridgehead atoms. The van der Waals surface area contributed by atoms with Crippen molar-refractivity contribution in [3.05, 3.63) is 61.2 Å². The normalized spacial score (nSPS) is 30.8. The molecule has 0 aliphatic carbocycles. The number of benzene rings is 1. The number of ether oxygens (including phenoxy) is 1. The van der Waals surface area contributed by atoms with Crippen molar-refractivity contribution in [3.63, 3.8) is 0 Å². The summed E-state index contributed by atoms with van der Waals surface area (Å²) in [7, 11) is 0. The molecule has 8 nitrogen and oxygen atoms in total. The van der Waals surface area contributed by atoms with E-state index in [2.05, 4.69) is 20.1 Å². The number of unbranched alkanes of at least 4 members (excludes halogenated alkanes) is 1. The number of fused-ring (bicyclic) bond motifs is 1. The molecule has 3 amide bonds. The van der Waals surface area contributed by atoms with E-state index < -0.39 is 29.1 Å². The largest absolute Gasteiger partial charge is 0.395 e. The Balaban J connectivity index is 1.75. The van der Waals surface area contributed by atoms with Crippen LogP contribution in [0.25, 0.3) is 0 Å². The van der Waals surface area contributed by atoms with Gasteiger partial charge < -0.3 is 24.5 Å². The van der Waals surface area contributed by atoms with Gasteiger partial charge in [-0.25, -0.2) is 0 Å². The highest BCUT2D eigenvalue weighted by atomic mass is 16.5. The van der Waals surface area contributed by atoms with Crippen molar-refractivity contribution < 1.29 is 24.2 Å². The van der Waals surface area contributed by atoms with Gasteiger partial charge in [0.15, 0.2) is 0 Å². The number of hydrogen-bond donors (Lipinski definition) is 1. The Morgan fingerprint density at radius 1 is 1.15 bits per heavy atom.